The van der Waals surface area contributed by atoms with Crippen LogP contribution in [0, 0.1) is 0 Å². The lowest BCUT2D eigenvalue weighted by atomic mass is 10.3. The van der Waals surface area contributed by atoms with Gasteiger partial charge in [0.25, 0.3) is 5.56 Å². The van der Waals surface area contributed by atoms with Crippen LogP contribution in [0.4, 0.5) is 0 Å². The van der Waals surface area contributed by atoms with Gasteiger partial charge in [0.05, 0.1) is 24.0 Å². The lowest BCUT2D eigenvalue weighted by Gasteiger charge is -2.15. The van der Waals surface area contributed by atoms with E-state index in [2.05, 4.69) is 0 Å². The van der Waals surface area contributed by atoms with Gasteiger partial charge in [-0.1, -0.05) is 36.4 Å². The van der Waals surface area contributed by atoms with Gasteiger partial charge in [0.1, 0.15) is 5.75 Å². The van der Waals surface area contributed by atoms with Gasteiger partial charge in [-0.15, -0.1) is 11.8 Å². The van der Waals surface area contributed by atoms with Crippen molar-refractivity contribution in [2.45, 2.75) is 24.2 Å². The summed E-state index contributed by atoms with van der Waals surface area (Å²) in [5.74, 6) is 1.86. The normalized spacial score (nSPS) is 10.9. The molecular formula is C26H26N2O3S. The van der Waals surface area contributed by atoms with E-state index in [1.807, 2.05) is 77.5 Å². The summed E-state index contributed by atoms with van der Waals surface area (Å²) < 4.78 is 9.53. The first-order chi connectivity index (χ1) is 15.7. The number of rotatable bonds is 10. The summed E-state index contributed by atoms with van der Waals surface area (Å²) in [4.78, 5) is 14.0. The molecule has 4 rings (SSSR count). The molecule has 0 aliphatic carbocycles. The lowest BCUT2D eigenvalue weighted by Crippen LogP contribution is -2.20. The highest BCUT2D eigenvalue weighted by Crippen LogP contribution is 2.23. The maximum atomic E-state index is 12.8. The molecular weight excluding hydrogens is 420 g/mol. The molecule has 0 saturated carbocycles. The van der Waals surface area contributed by atoms with E-state index in [9.17, 15) is 9.90 Å². The monoisotopic (exact) mass is 446 g/mol. The third-order valence-corrected chi connectivity index (χ3v) is 6.11. The summed E-state index contributed by atoms with van der Waals surface area (Å²) in [6, 6.07) is 28.2. The fourth-order valence-corrected chi connectivity index (χ4v) is 4.35. The average Bonchev–Trinajstić information content (AvgIpc) is 3.16. The van der Waals surface area contributed by atoms with Crippen LogP contribution in [0.3, 0.4) is 0 Å². The molecule has 3 aromatic carbocycles. The van der Waals surface area contributed by atoms with E-state index in [0.717, 1.165) is 41.3 Å². The molecule has 0 atom stereocenters. The van der Waals surface area contributed by atoms with Gasteiger partial charge in [-0.2, -0.15) is 0 Å². The van der Waals surface area contributed by atoms with Crippen LogP contribution < -0.4 is 10.3 Å². The molecule has 1 heterocycles. The van der Waals surface area contributed by atoms with E-state index < -0.39 is 0 Å². The summed E-state index contributed by atoms with van der Waals surface area (Å²) in [7, 11) is 0. The Hall–Kier alpha value is -3.38. The lowest BCUT2D eigenvalue weighted by molar-refractivity contribution is 0.284. The van der Waals surface area contributed by atoms with Crippen LogP contribution in [0.5, 0.6) is 11.6 Å². The first kappa shape index (κ1) is 21.8. The molecule has 32 heavy (non-hydrogen) atoms. The van der Waals surface area contributed by atoms with E-state index in [0.29, 0.717) is 18.2 Å². The van der Waals surface area contributed by atoms with Gasteiger partial charge in [0, 0.05) is 4.90 Å². The number of para-hydroxylation sites is 2. The number of hydrogen-bond donors (Lipinski definition) is 1. The number of unbranched alkanes of at least 4 members (excludes halogenated alkanes) is 2. The molecule has 5 nitrogen and oxygen atoms in total. The number of phenolic OH excluding ortho intramolecular Hbond substituents is 1. The minimum Gasteiger partial charge on any atom is -0.508 e. The van der Waals surface area contributed by atoms with Gasteiger partial charge in [0.2, 0.25) is 5.88 Å². The largest absolute Gasteiger partial charge is 0.508 e. The Morgan fingerprint density at radius 1 is 0.750 bits per heavy atom. The Balaban J connectivity index is 1.37. The second-order valence-electron chi connectivity index (χ2n) is 7.37. The Kier molecular flexibility index (Phi) is 7.35. The van der Waals surface area contributed by atoms with Gasteiger partial charge < -0.3 is 9.84 Å². The minimum absolute atomic E-state index is 0.125. The minimum atomic E-state index is -0.125. The molecule has 1 N–H and O–H groups in total. The van der Waals surface area contributed by atoms with Crippen molar-refractivity contribution >= 4 is 11.8 Å². The first-order valence-electron chi connectivity index (χ1n) is 10.7. The molecule has 4 aromatic rings. The predicted molar refractivity (Wildman–Crippen MR) is 130 cm³/mol. The molecule has 0 amide bonds. The second kappa shape index (κ2) is 10.8. The van der Waals surface area contributed by atoms with E-state index in [1.54, 1.807) is 34.6 Å². The number of nitrogens with zero attached hydrogens (tertiary/aromatic N) is 2. The molecule has 1 aromatic heterocycles. The fraction of sp³-hybridized carbons (Fsp3) is 0.192. The SMILES string of the molecule is O=c1cc(OCCCCCSc2ccc(O)cc2)n(-c2ccccc2)n1-c1ccccc1. The zero-order chi connectivity index (χ0) is 22.2. The highest BCUT2D eigenvalue weighted by Gasteiger charge is 2.15. The van der Waals surface area contributed by atoms with Gasteiger partial charge in [-0.25, -0.2) is 9.36 Å². The highest BCUT2D eigenvalue weighted by atomic mass is 32.2. The van der Waals surface area contributed by atoms with E-state index >= 15 is 0 Å². The maximum Gasteiger partial charge on any atom is 0.275 e. The molecule has 0 radical (unpaired) electrons. The van der Waals surface area contributed by atoms with Crippen molar-refractivity contribution in [1.82, 2.24) is 9.36 Å². The van der Waals surface area contributed by atoms with Gasteiger partial charge in [0.15, 0.2) is 0 Å². The highest BCUT2D eigenvalue weighted by molar-refractivity contribution is 7.99. The number of aromatic nitrogens is 2. The van der Waals surface area contributed by atoms with Crippen LogP contribution in [0.2, 0.25) is 0 Å². The molecule has 0 unspecified atom stereocenters. The summed E-state index contributed by atoms with van der Waals surface area (Å²) in [5.41, 5.74) is 1.54. The molecule has 164 valence electrons. The third-order valence-electron chi connectivity index (χ3n) is 5.01. The summed E-state index contributed by atoms with van der Waals surface area (Å²) >= 11 is 1.79. The molecule has 0 saturated heterocycles. The Morgan fingerprint density at radius 2 is 1.38 bits per heavy atom. The van der Waals surface area contributed by atoms with Crippen molar-refractivity contribution in [3.63, 3.8) is 0 Å². The zero-order valence-electron chi connectivity index (χ0n) is 17.8. The number of phenols is 1. The molecule has 0 bridgehead atoms. The summed E-state index contributed by atoms with van der Waals surface area (Å²) in [6.07, 6.45) is 3.03. The summed E-state index contributed by atoms with van der Waals surface area (Å²) in [5, 5.41) is 9.35. The van der Waals surface area contributed by atoms with Crippen LogP contribution in [0.1, 0.15) is 19.3 Å². The number of ether oxygens (including phenoxy) is 1. The van der Waals surface area contributed by atoms with Crippen molar-refractivity contribution in [2.75, 3.05) is 12.4 Å². The standard InChI is InChI=1S/C26H26N2O3S/c29-23-14-16-24(17-15-23)32-19-9-3-8-18-31-26-20-25(30)27(21-10-4-1-5-11-21)28(26)22-12-6-2-7-13-22/h1-2,4-7,10-17,20,29H,3,8-9,18-19H2. The number of benzene rings is 3. The van der Waals surface area contributed by atoms with Crippen molar-refractivity contribution in [3.8, 4) is 23.0 Å². The molecule has 0 aliphatic rings. The fourth-order valence-electron chi connectivity index (χ4n) is 3.44. The Morgan fingerprint density at radius 3 is 2.03 bits per heavy atom. The van der Waals surface area contributed by atoms with E-state index in [4.69, 9.17) is 4.74 Å². The van der Waals surface area contributed by atoms with Crippen molar-refractivity contribution < 1.29 is 9.84 Å². The quantitative estimate of drug-likeness (QED) is 0.252. The van der Waals surface area contributed by atoms with Crippen LogP contribution in [0.15, 0.2) is 101 Å². The average molecular weight is 447 g/mol. The first-order valence-corrected chi connectivity index (χ1v) is 11.7. The number of hydrogen-bond acceptors (Lipinski definition) is 4. The van der Waals surface area contributed by atoms with Crippen LogP contribution in [0.25, 0.3) is 11.4 Å². The van der Waals surface area contributed by atoms with Gasteiger partial charge >= 0.3 is 0 Å². The zero-order valence-corrected chi connectivity index (χ0v) is 18.6. The van der Waals surface area contributed by atoms with Crippen LogP contribution >= 0.6 is 11.8 Å². The predicted octanol–water partition coefficient (Wildman–Crippen LogP) is 5.68. The number of thioether (sulfide) groups is 1. The van der Waals surface area contributed by atoms with Crippen LogP contribution in [-0.4, -0.2) is 26.8 Å². The van der Waals surface area contributed by atoms with E-state index in [-0.39, 0.29) is 5.56 Å². The van der Waals surface area contributed by atoms with Crippen molar-refractivity contribution in [1.29, 1.82) is 0 Å². The summed E-state index contributed by atoms with van der Waals surface area (Å²) in [6.45, 7) is 0.551. The smallest absolute Gasteiger partial charge is 0.275 e. The second-order valence-corrected chi connectivity index (χ2v) is 8.54. The van der Waals surface area contributed by atoms with Crippen molar-refractivity contribution in [2.24, 2.45) is 0 Å². The van der Waals surface area contributed by atoms with Crippen molar-refractivity contribution in [3.05, 3.63) is 101 Å². The molecule has 6 heteroatoms. The third kappa shape index (κ3) is 5.45. The van der Waals surface area contributed by atoms with Gasteiger partial charge in [-0.3, -0.25) is 4.79 Å². The van der Waals surface area contributed by atoms with Gasteiger partial charge in [-0.05, 0) is 73.5 Å². The Labute approximate surface area is 191 Å². The molecule has 0 fully saturated rings. The topological polar surface area (TPSA) is 56.4 Å². The molecule has 0 spiro atoms. The molecule has 0 aliphatic heterocycles. The maximum absolute atomic E-state index is 12.8. The number of aromatic hydroxyl groups is 1. The Bertz CT molecular complexity index is 1170. The van der Waals surface area contributed by atoms with E-state index in [1.165, 1.54) is 0 Å². The van der Waals surface area contributed by atoms with Crippen LogP contribution in [-0.2, 0) is 0 Å².